The number of aliphatic carboxylic acids is 1. The third kappa shape index (κ3) is 17.6. The maximum atomic E-state index is 10.3. The Morgan fingerprint density at radius 1 is 0.947 bits per heavy atom. The molecule has 0 aromatic heterocycles. The first kappa shape index (κ1) is 18.6. The fourth-order valence-electron chi connectivity index (χ4n) is 1.90. The first-order valence-electron chi connectivity index (χ1n) is 7.72. The molecule has 3 heteroatoms. The van der Waals surface area contributed by atoms with Crippen molar-refractivity contribution in [3.05, 3.63) is 12.2 Å². The highest BCUT2D eigenvalue weighted by Crippen LogP contribution is 2.09. The van der Waals surface area contributed by atoms with Gasteiger partial charge in [-0.15, -0.1) is 0 Å². The summed E-state index contributed by atoms with van der Waals surface area (Å²) in [5.74, 6) is 0.526. The van der Waals surface area contributed by atoms with Crippen molar-refractivity contribution in [2.24, 2.45) is 0 Å². The first-order valence-corrected chi connectivity index (χ1v) is 8.87. The molecule has 0 radical (unpaired) electrons. The second kappa shape index (κ2) is 15.6. The average molecular weight is 286 g/mol. The number of carboxylic acid groups (broad SMARTS) is 1. The summed E-state index contributed by atoms with van der Waals surface area (Å²) in [6.45, 7) is 2.25. The number of unbranched alkanes of at least 4 members (excludes halogenated alkanes) is 8. The molecular formula is C16H30O2S. The Labute approximate surface area is 123 Å². The number of carboxylic acids is 1. The summed E-state index contributed by atoms with van der Waals surface area (Å²) >= 11 is 1.53. The number of hydrogen-bond donors (Lipinski definition) is 1. The van der Waals surface area contributed by atoms with Crippen molar-refractivity contribution >= 4 is 17.7 Å². The van der Waals surface area contributed by atoms with Crippen molar-refractivity contribution in [2.75, 3.05) is 11.5 Å². The largest absolute Gasteiger partial charge is 0.481 e. The van der Waals surface area contributed by atoms with Crippen molar-refractivity contribution in [3.63, 3.8) is 0 Å². The van der Waals surface area contributed by atoms with Crippen molar-refractivity contribution in [1.82, 2.24) is 0 Å². The predicted octanol–water partition coefficient (Wildman–Crippen LogP) is 5.28. The van der Waals surface area contributed by atoms with Crippen molar-refractivity contribution in [2.45, 2.75) is 71.1 Å². The monoisotopic (exact) mass is 286 g/mol. The van der Waals surface area contributed by atoms with E-state index in [1.165, 1.54) is 69.5 Å². The minimum atomic E-state index is -0.702. The SMILES string of the molecule is CCCCCCC/C=C/CCCCCSCC(=O)O. The van der Waals surface area contributed by atoms with Crippen LogP contribution in [-0.2, 0) is 4.79 Å². The van der Waals surface area contributed by atoms with Crippen LogP contribution >= 0.6 is 11.8 Å². The van der Waals surface area contributed by atoms with E-state index in [-0.39, 0.29) is 5.75 Å². The van der Waals surface area contributed by atoms with E-state index in [1.54, 1.807) is 0 Å². The van der Waals surface area contributed by atoms with Crippen molar-refractivity contribution < 1.29 is 9.90 Å². The second-order valence-corrected chi connectivity index (χ2v) is 6.08. The Hall–Kier alpha value is -0.440. The smallest absolute Gasteiger partial charge is 0.313 e. The van der Waals surface area contributed by atoms with Crippen LogP contribution in [-0.4, -0.2) is 22.6 Å². The molecule has 2 nitrogen and oxygen atoms in total. The van der Waals surface area contributed by atoms with Gasteiger partial charge < -0.3 is 5.11 Å². The minimum Gasteiger partial charge on any atom is -0.481 e. The minimum absolute atomic E-state index is 0.248. The Morgan fingerprint density at radius 3 is 2.11 bits per heavy atom. The third-order valence-corrected chi connectivity index (χ3v) is 4.05. The molecule has 19 heavy (non-hydrogen) atoms. The molecular weight excluding hydrogens is 256 g/mol. The lowest BCUT2D eigenvalue weighted by molar-refractivity contribution is -0.133. The molecule has 0 aromatic rings. The zero-order valence-electron chi connectivity index (χ0n) is 12.4. The first-order chi connectivity index (χ1) is 9.27. The van der Waals surface area contributed by atoms with Crippen LogP contribution in [0.25, 0.3) is 0 Å². The Balaban J connectivity index is 3.06. The standard InChI is InChI=1S/C16H30O2S/c1-2-3-4-5-6-7-8-9-10-11-12-13-14-19-15-16(17)18/h8-9H,2-7,10-15H2,1H3,(H,17,18)/b9-8+. The van der Waals surface area contributed by atoms with Crippen LogP contribution in [0.1, 0.15) is 71.1 Å². The van der Waals surface area contributed by atoms with Gasteiger partial charge in [0.2, 0.25) is 0 Å². The van der Waals surface area contributed by atoms with Gasteiger partial charge in [0.15, 0.2) is 0 Å². The zero-order valence-corrected chi connectivity index (χ0v) is 13.2. The van der Waals surface area contributed by atoms with E-state index in [4.69, 9.17) is 5.11 Å². The summed E-state index contributed by atoms with van der Waals surface area (Å²) in [6, 6.07) is 0. The van der Waals surface area contributed by atoms with Gasteiger partial charge in [0.05, 0.1) is 5.75 Å². The number of hydrogen-bond acceptors (Lipinski definition) is 2. The summed E-state index contributed by atoms with van der Waals surface area (Å²) in [6.07, 6.45) is 17.4. The summed E-state index contributed by atoms with van der Waals surface area (Å²) < 4.78 is 0. The lowest BCUT2D eigenvalue weighted by Crippen LogP contribution is -1.98. The maximum Gasteiger partial charge on any atom is 0.313 e. The molecule has 0 atom stereocenters. The lowest BCUT2D eigenvalue weighted by Gasteiger charge is -1.98. The number of carbonyl (C=O) groups is 1. The van der Waals surface area contributed by atoms with Gasteiger partial charge in [-0.05, 0) is 37.9 Å². The van der Waals surface area contributed by atoms with E-state index < -0.39 is 5.97 Å². The molecule has 0 spiro atoms. The maximum absolute atomic E-state index is 10.3. The summed E-state index contributed by atoms with van der Waals surface area (Å²) in [5, 5.41) is 8.47. The van der Waals surface area contributed by atoms with E-state index in [1.807, 2.05) is 0 Å². The van der Waals surface area contributed by atoms with Gasteiger partial charge in [0, 0.05) is 0 Å². The Morgan fingerprint density at radius 2 is 1.53 bits per heavy atom. The van der Waals surface area contributed by atoms with E-state index >= 15 is 0 Å². The Bertz CT molecular complexity index is 227. The van der Waals surface area contributed by atoms with Gasteiger partial charge in [0.25, 0.3) is 0 Å². The molecule has 0 rings (SSSR count). The lowest BCUT2D eigenvalue weighted by atomic mass is 10.1. The van der Waals surface area contributed by atoms with E-state index in [0.29, 0.717) is 0 Å². The molecule has 0 aliphatic heterocycles. The molecule has 0 aromatic carbocycles. The second-order valence-electron chi connectivity index (χ2n) is 4.97. The summed E-state index contributed by atoms with van der Waals surface area (Å²) in [5.41, 5.74) is 0. The molecule has 0 aliphatic rings. The van der Waals surface area contributed by atoms with Gasteiger partial charge >= 0.3 is 5.97 Å². The molecule has 0 amide bonds. The molecule has 0 saturated carbocycles. The van der Waals surface area contributed by atoms with Crippen LogP contribution in [0.4, 0.5) is 0 Å². The van der Waals surface area contributed by atoms with Crippen LogP contribution in [0.2, 0.25) is 0 Å². The van der Waals surface area contributed by atoms with Gasteiger partial charge in [-0.25, -0.2) is 0 Å². The van der Waals surface area contributed by atoms with E-state index in [2.05, 4.69) is 19.1 Å². The molecule has 0 aliphatic carbocycles. The highest BCUT2D eigenvalue weighted by atomic mass is 32.2. The number of allylic oxidation sites excluding steroid dienone is 2. The summed E-state index contributed by atoms with van der Waals surface area (Å²) in [7, 11) is 0. The van der Waals surface area contributed by atoms with E-state index in [0.717, 1.165) is 12.2 Å². The fourth-order valence-corrected chi connectivity index (χ4v) is 2.63. The molecule has 0 bridgehead atoms. The van der Waals surface area contributed by atoms with Crippen molar-refractivity contribution in [3.8, 4) is 0 Å². The fraction of sp³-hybridized carbons (Fsp3) is 0.812. The predicted molar refractivity (Wildman–Crippen MR) is 85.9 cm³/mol. The highest BCUT2D eigenvalue weighted by Gasteiger charge is 1.95. The van der Waals surface area contributed by atoms with Crippen LogP contribution in [0.5, 0.6) is 0 Å². The third-order valence-electron chi connectivity index (χ3n) is 3.03. The van der Waals surface area contributed by atoms with Gasteiger partial charge in [0.1, 0.15) is 0 Å². The highest BCUT2D eigenvalue weighted by molar-refractivity contribution is 7.99. The van der Waals surface area contributed by atoms with Crippen LogP contribution in [0.3, 0.4) is 0 Å². The van der Waals surface area contributed by atoms with Gasteiger partial charge in [-0.3, -0.25) is 4.79 Å². The zero-order chi connectivity index (χ0) is 14.2. The van der Waals surface area contributed by atoms with Crippen LogP contribution in [0, 0.1) is 0 Å². The van der Waals surface area contributed by atoms with Gasteiger partial charge in [-0.2, -0.15) is 11.8 Å². The molecule has 0 unspecified atom stereocenters. The number of thioether (sulfide) groups is 1. The topological polar surface area (TPSA) is 37.3 Å². The molecule has 1 N–H and O–H groups in total. The summed E-state index contributed by atoms with van der Waals surface area (Å²) in [4.78, 5) is 10.3. The quantitative estimate of drug-likeness (QED) is 0.348. The normalized spacial score (nSPS) is 11.2. The number of rotatable bonds is 14. The van der Waals surface area contributed by atoms with Crippen LogP contribution < -0.4 is 0 Å². The average Bonchev–Trinajstić information content (AvgIpc) is 2.39. The van der Waals surface area contributed by atoms with Crippen molar-refractivity contribution in [1.29, 1.82) is 0 Å². The molecule has 112 valence electrons. The van der Waals surface area contributed by atoms with Crippen LogP contribution in [0.15, 0.2) is 12.2 Å². The molecule has 0 saturated heterocycles. The Kier molecular flexibility index (Phi) is 15.3. The molecule has 0 fully saturated rings. The molecule has 0 heterocycles. The van der Waals surface area contributed by atoms with E-state index in [9.17, 15) is 4.79 Å². The van der Waals surface area contributed by atoms with Gasteiger partial charge in [-0.1, -0.05) is 51.2 Å².